The molecule has 1 aliphatic rings. The molecule has 0 unspecified atom stereocenters. The maximum atomic E-state index is 14.2. The summed E-state index contributed by atoms with van der Waals surface area (Å²) < 4.78 is 47.0. The molecule has 0 saturated carbocycles. The van der Waals surface area contributed by atoms with Gasteiger partial charge in [-0.2, -0.15) is 4.31 Å². The second-order valence-electron chi connectivity index (χ2n) is 6.07. The molecule has 1 fully saturated rings. The molecule has 0 radical (unpaired) electrons. The molecule has 6 nitrogen and oxygen atoms in total. The fraction of sp³-hybridized carbons (Fsp3) is 0.278. The normalized spacial score (nSPS) is 15.5. The van der Waals surface area contributed by atoms with Gasteiger partial charge in [0.2, 0.25) is 10.0 Å². The van der Waals surface area contributed by atoms with Crippen LogP contribution in [0.5, 0.6) is 0 Å². The van der Waals surface area contributed by atoms with Crippen LogP contribution in [0.1, 0.15) is 15.9 Å². The number of hydrogen-bond acceptors (Lipinski definition) is 4. The van der Waals surface area contributed by atoms with Gasteiger partial charge in [-0.3, -0.25) is 4.79 Å². The number of sulfonamides is 1. The number of carbonyl (C=O) groups is 1. The summed E-state index contributed by atoms with van der Waals surface area (Å²) in [6.07, 6.45) is 0. The highest BCUT2D eigenvalue weighted by Gasteiger charge is 2.28. The summed E-state index contributed by atoms with van der Waals surface area (Å²) in [7, 11) is -3.82. The lowest BCUT2D eigenvalue weighted by Gasteiger charge is -2.26. The molecule has 2 aromatic carbocycles. The summed E-state index contributed by atoms with van der Waals surface area (Å²) in [5.41, 5.74) is 0.978. The van der Waals surface area contributed by atoms with Gasteiger partial charge in [0.25, 0.3) is 5.91 Å². The highest BCUT2D eigenvalue weighted by atomic mass is 79.9. The van der Waals surface area contributed by atoms with Crippen molar-refractivity contribution in [2.75, 3.05) is 31.6 Å². The Balaban J connectivity index is 1.89. The van der Waals surface area contributed by atoms with Crippen LogP contribution in [-0.4, -0.2) is 44.9 Å². The molecule has 1 N–H and O–H groups in total. The van der Waals surface area contributed by atoms with E-state index in [4.69, 9.17) is 4.74 Å². The summed E-state index contributed by atoms with van der Waals surface area (Å²) >= 11 is 3.34. The van der Waals surface area contributed by atoms with Crippen molar-refractivity contribution in [2.45, 2.75) is 11.8 Å². The van der Waals surface area contributed by atoms with Crippen LogP contribution in [0, 0.1) is 12.7 Å². The van der Waals surface area contributed by atoms with Gasteiger partial charge in [0.05, 0.1) is 23.7 Å². The van der Waals surface area contributed by atoms with Gasteiger partial charge in [0.1, 0.15) is 5.82 Å². The van der Waals surface area contributed by atoms with Gasteiger partial charge in [0.15, 0.2) is 0 Å². The maximum Gasteiger partial charge on any atom is 0.258 e. The van der Waals surface area contributed by atoms with Crippen LogP contribution in [0.3, 0.4) is 0 Å². The van der Waals surface area contributed by atoms with Crippen LogP contribution >= 0.6 is 15.9 Å². The van der Waals surface area contributed by atoms with E-state index >= 15 is 0 Å². The molecule has 0 aliphatic carbocycles. The Morgan fingerprint density at radius 2 is 1.89 bits per heavy atom. The molecule has 2 aromatic rings. The fourth-order valence-corrected chi connectivity index (χ4v) is 4.64. The third kappa shape index (κ3) is 4.37. The standard InChI is InChI=1S/C18H18BrFN2O4S/c1-12-10-13(19)2-5-17(12)21-18(23)15-11-14(3-4-16(15)20)27(24,25)22-6-8-26-9-7-22/h2-5,10-11H,6-9H2,1H3,(H,21,23). The topological polar surface area (TPSA) is 75.7 Å². The molecule has 0 bridgehead atoms. The molecule has 1 amide bonds. The van der Waals surface area contributed by atoms with E-state index in [0.29, 0.717) is 18.9 Å². The molecule has 144 valence electrons. The molecule has 1 heterocycles. The molecule has 3 rings (SSSR count). The first-order chi connectivity index (χ1) is 12.8. The quantitative estimate of drug-likeness (QED) is 0.766. The summed E-state index contributed by atoms with van der Waals surface area (Å²) in [6, 6.07) is 8.48. The van der Waals surface area contributed by atoms with Crippen molar-refractivity contribution in [1.29, 1.82) is 0 Å². The van der Waals surface area contributed by atoms with Gasteiger partial charge in [-0.15, -0.1) is 0 Å². The molecule has 0 spiro atoms. The van der Waals surface area contributed by atoms with Crippen LogP contribution in [0.15, 0.2) is 45.8 Å². The van der Waals surface area contributed by atoms with E-state index in [1.165, 1.54) is 10.4 Å². The van der Waals surface area contributed by atoms with E-state index in [-0.39, 0.29) is 23.5 Å². The first-order valence-corrected chi connectivity index (χ1v) is 10.5. The second kappa shape index (κ2) is 8.05. The SMILES string of the molecule is Cc1cc(Br)ccc1NC(=O)c1cc(S(=O)(=O)N2CCOCC2)ccc1F. The molecule has 27 heavy (non-hydrogen) atoms. The highest BCUT2D eigenvalue weighted by molar-refractivity contribution is 9.10. The third-order valence-corrected chi connectivity index (χ3v) is 6.61. The summed E-state index contributed by atoms with van der Waals surface area (Å²) in [5.74, 6) is -1.50. The number of amides is 1. The predicted molar refractivity (Wildman–Crippen MR) is 103 cm³/mol. The van der Waals surface area contributed by atoms with Crippen molar-refractivity contribution in [3.05, 3.63) is 57.8 Å². The van der Waals surface area contributed by atoms with Crippen LogP contribution in [0.4, 0.5) is 10.1 Å². The van der Waals surface area contributed by atoms with E-state index in [0.717, 1.165) is 22.2 Å². The Hall–Kier alpha value is -1.81. The molecular weight excluding hydrogens is 439 g/mol. The number of aryl methyl sites for hydroxylation is 1. The Morgan fingerprint density at radius 1 is 1.19 bits per heavy atom. The highest BCUT2D eigenvalue weighted by Crippen LogP contribution is 2.23. The number of benzene rings is 2. The van der Waals surface area contributed by atoms with E-state index in [1.54, 1.807) is 19.1 Å². The van der Waals surface area contributed by atoms with Crippen molar-refractivity contribution < 1.29 is 22.3 Å². The maximum absolute atomic E-state index is 14.2. The lowest BCUT2D eigenvalue weighted by atomic mass is 10.1. The van der Waals surface area contributed by atoms with Gasteiger partial charge >= 0.3 is 0 Å². The molecule has 0 atom stereocenters. The number of anilines is 1. The van der Waals surface area contributed by atoms with E-state index in [2.05, 4.69) is 21.2 Å². The lowest BCUT2D eigenvalue weighted by molar-refractivity contribution is 0.0730. The average Bonchev–Trinajstić information content (AvgIpc) is 2.65. The lowest BCUT2D eigenvalue weighted by Crippen LogP contribution is -2.40. The van der Waals surface area contributed by atoms with Gasteiger partial charge in [-0.05, 0) is 48.9 Å². The van der Waals surface area contributed by atoms with E-state index in [1.807, 2.05) is 6.07 Å². The number of hydrogen-bond donors (Lipinski definition) is 1. The zero-order chi connectivity index (χ0) is 19.6. The van der Waals surface area contributed by atoms with Crippen molar-refractivity contribution in [1.82, 2.24) is 4.31 Å². The minimum absolute atomic E-state index is 0.122. The Morgan fingerprint density at radius 3 is 2.56 bits per heavy atom. The third-order valence-electron chi connectivity index (χ3n) is 4.23. The minimum Gasteiger partial charge on any atom is -0.379 e. The summed E-state index contributed by atoms with van der Waals surface area (Å²) in [5, 5.41) is 2.62. The van der Waals surface area contributed by atoms with Crippen molar-refractivity contribution in [3.63, 3.8) is 0 Å². The second-order valence-corrected chi connectivity index (χ2v) is 8.93. The summed E-state index contributed by atoms with van der Waals surface area (Å²) in [6.45, 7) is 2.85. The largest absolute Gasteiger partial charge is 0.379 e. The van der Waals surface area contributed by atoms with Crippen molar-refractivity contribution >= 4 is 37.5 Å². The van der Waals surface area contributed by atoms with Crippen molar-refractivity contribution in [3.8, 4) is 0 Å². The molecule has 1 saturated heterocycles. The van der Waals surface area contributed by atoms with E-state index < -0.39 is 21.7 Å². The first kappa shape index (κ1) is 19.9. The fourth-order valence-electron chi connectivity index (χ4n) is 2.73. The number of ether oxygens (including phenoxy) is 1. The monoisotopic (exact) mass is 456 g/mol. The number of nitrogens with one attached hydrogen (secondary N) is 1. The molecule has 9 heteroatoms. The Bertz CT molecular complexity index is 975. The molecule has 1 aliphatic heterocycles. The number of morpholine rings is 1. The summed E-state index contributed by atoms with van der Waals surface area (Å²) in [4.78, 5) is 12.4. The zero-order valence-corrected chi connectivity index (χ0v) is 16.9. The van der Waals surface area contributed by atoms with Gasteiger partial charge in [-0.25, -0.2) is 12.8 Å². The average molecular weight is 457 g/mol. The Kier molecular flexibility index (Phi) is 5.95. The Labute approximate surface area is 165 Å². The van der Waals surface area contributed by atoms with Crippen molar-refractivity contribution in [2.24, 2.45) is 0 Å². The molecular formula is C18H18BrFN2O4S. The van der Waals surface area contributed by atoms with Crippen LogP contribution in [0.25, 0.3) is 0 Å². The zero-order valence-electron chi connectivity index (χ0n) is 14.5. The van der Waals surface area contributed by atoms with E-state index in [9.17, 15) is 17.6 Å². The first-order valence-electron chi connectivity index (χ1n) is 8.24. The van der Waals surface area contributed by atoms with Crippen LogP contribution in [-0.2, 0) is 14.8 Å². The minimum atomic E-state index is -3.82. The van der Waals surface area contributed by atoms with Crippen LogP contribution < -0.4 is 5.32 Å². The van der Waals surface area contributed by atoms with Crippen LogP contribution in [0.2, 0.25) is 0 Å². The number of rotatable bonds is 4. The number of halogens is 2. The molecule has 0 aromatic heterocycles. The number of nitrogens with zero attached hydrogens (tertiary/aromatic N) is 1. The smallest absolute Gasteiger partial charge is 0.258 e. The van der Waals surface area contributed by atoms with Gasteiger partial charge in [0, 0.05) is 23.2 Å². The van der Waals surface area contributed by atoms with Gasteiger partial charge in [-0.1, -0.05) is 15.9 Å². The predicted octanol–water partition coefficient (Wildman–Crippen LogP) is 3.17. The van der Waals surface area contributed by atoms with Gasteiger partial charge < -0.3 is 10.1 Å². The number of carbonyl (C=O) groups excluding carboxylic acids is 1.